The molecule has 1 aliphatic heterocycles. The maximum atomic E-state index is 10.8. The number of carboxylic acids is 1. The number of hydrogen-bond donors (Lipinski definition) is 2. The molecule has 2 N–H and O–H groups in total. The van der Waals surface area contributed by atoms with Gasteiger partial charge in [0.1, 0.15) is 5.75 Å². The van der Waals surface area contributed by atoms with E-state index in [0.29, 0.717) is 5.75 Å². The number of alkyl halides is 1. The molecule has 0 fully saturated rings. The molecule has 0 aliphatic carbocycles. The van der Waals surface area contributed by atoms with Gasteiger partial charge in [-0.05, 0) is 46.3 Å². The molecule has 0 spiro atoms. The zero-order valence-electron chi connectivity index (χ0n) is 8.76. The highest BCUT2D eigenvalue weighted by Gasteiger charge is 2.25. The lowest BCUT2D eigenvalue weighted by molar-refractivity contribution is 0.0696. The first kappa shape index (κ1) is 11.7. The monoisotopic (exact) mass is 295 g/mol. The Labute approximate surface area is 107 Å². The second-order valence-electron chi connectivity index (χ2n) is 3.44. The van der Waals surface area contributed by atoms with Gasteiger partial charge in [0, 0.05) is 6.20 Å². The molecule has 0 saturated carbocycles. The summed E-state index contributed by atoms with van der Waals surface area (Å²) in [5.74, 6) is -0.514. The molecule has 0 aromatic heterocycles. The predicted molar refractivity (Wildman–Crippen MR) is 67.1 cm³/mol. The van der Waals surface area contributed by atoms with E-state index in [1.807, 2.05) is 12.2 Å². The third-order valence-corrected chi connectivity index (χ3v) is 2.80. The normalized spacial score (nSPS) is 21.9. The van der Waals surface area contributed by atoms with E-state index in [-0.39, 0.29) is 5.56 Å². The van der Waals surface area contributed by atoms with E-state index < -0.39 is 10.6 Å². The third kappa shape index (κ3) is 2.88. The third-order valence-electron chi connectivity index (χ3n) is 2.15. The number of benzene rings is 1. The largest absolute Gasteiger partial charge is 0.478 e. The van der Waals surface area contributed by atoms with Gasteiger partial charge in [-0.25, -0.2) is 4.79 Å². The lowest BCUT2D eigenvalue weighted by Gasteiger charge is -2.27. The van der Waals surface area contributed by atoms with Crippen molar-refractivity contribution in [2.75, 3.05) is 0 Å². The minimum Gasteiger partial charge on any atom is -0.478 e. The molecular weight excluding hydrogens is 286 g/mol. The van der Waals surface area contributed by atoms with Gasteiger partial charge in [0.25, 0.3) is 4.63 Å². The van der Waals surface area contributed by atoms with Crippen molar-refractivity contribution in [3.8, 4) is 5.75 Å². The van der Waals surface area contributed by atoms with E-state index in [9.17, 15) is 4.79 Å². The van der Waals surface area contributed by atoms with Crippen LogP contribution in [0.2, 0.25) is 0 Å². The molecule has 4 nitrogen and oxygen atoms in total. The molecule has 0 radical (unpaired) electrons. The minimum absolute atomic E-state index is 0.189. The number of dihydropyridines is 1. The van der Waals surface area contributed by atoms with Crippen LogP contribution in [0, 0.1) is 0 Å². The Kier molecular flexibility index (Phi) is 3.19. The molecule has 1 heterocycles. The van der Waals surface area contributed by atoms with Gasteiger partial charge in [-0.3, -0.25) is 0 Å². The molecule has 2 rings (SSSR count). The van der Waals surface area contributed by atoms with E-state index in [1.165, 1.54) is 12.1 Å². The van der Waals surface area contributed by atoms with E-state index in [1.54, 1.807) is 24.4 Å². The van der Waals surface area contributed by atoms with Gasteiger partial charge in [-0.2, -0.15) is 0 Å². The quantitative estimate of drug-likeness (QED) is 0.664. The number of ether oxygens (including phenoxy) is 1. The van der Waals surface area contributed by atoms with E-state index in [4.69, 9.17) is 9.84 Å². The van der Waals surface area contributed by atoms with Gasteiger partial charge in [-0.1, -0.05) is 12.1 Å². The summed E-state index contributed by atoms with van der Waals surface area (Å²) in [6.07, 6.45) is 7.17. The second kappa shape index (κ2) is 4.63. The second-order valence-corrected chi connectivity index (χ2v) is 4.62. The summed E-state index contributed by atoms with van der Waals surface area (Å²) in [7, 11) is 0. The Balaban J connectivity index is 2.18. The fourth-order valence-electron chi connectivity index (χ4n) is 1.37. The molecule has 5 heteroatoms. The molecule has 0 saturated heterocycles. The van der Waals surface area contributed by atoms with Crippen molar-refractivity contribution < 1.29 is 14.6 Å². The molecule has 1 aliphatic rings. The molecule has 1 atom stereocenters. The Hall–Kier alpha value is -1.75. The summed E-state index contributed by atoms with van der Waals surface area (Å²) in [4.78, 5) is 10.8. The zero-order valence-corrected chi connectivity index (χ0v) is 10.3. The van der Waals surface area contributed by atoms with Gasteiger partial charge in [0.05, 0.1) is 5.56 Å². The molecule has 88 valence electrons. The van der Waals surface area contributed by atoms with Crippen LogP contribution < -0.4 is 10.1 Å². The van der Waals surface area contributed by atoms with Crippen LogP contribution in [0.4, 0.5) is 0 Å². The standard InChI is InChI=1S/C12H10BrNO3/c13-12(6-1-2-7-14-12)17-10-5-3-4-9(8-10)11(15)16/h1-8,14H,(H,15,16). The Bertz CT molecular complexity index is 498. The van der Waals surface area contributed by atoms with Crippen LogP contribution in [-0.4, -0.2) is 15.7 Å². The van der Waals surface area contributed by atoms with Crippen LogP contribution in [0.5, 0.6) is 5.75 Å². The fraction of sp³-hybridized carbons (Fsp3) is 0.0833. The minimum atomic E-state index is -0.980. The SMILES string of the molecule is O=C(O)c1cccc(OC2(Br)C=CC=CN2)c1. The predicted octanol–water partition coefficient (Wildman–Crippen LogP) is 2.49. The number of rotatable bonds is 3. The van der Waals surface area contributed by atoms with Crippen molar-refractivity contribution in [3.63, 3.8) is 0 Å². The van der Waals surface area contributed by atoms with Crippen LogP contribution >= 0.6 is 15.9 Å². The van der Waals surface area contributed by atoms with Crippen molar-refractivity contribution in [2.45, 2.75) is 4.63 Å². The first-order valence-electron chi connectivity index (χ1n) is 4.92. The first-order chi connectivity index (χ1) is 8.09. The molecule has 1 unspecified atom stereocenters. The van der Waals surface area contributed by atoms with Crippen LogP contribution in [0.1, 0.15) is 10.4 Å². The van der Waals surface area contributed by atoms with Crippen LogP contribution in [0.25, 0.3) is 0 Å². The molecule has 1 aromatic carbocycles. The van der Waals surface area contributed by atoms with Crippen molar-refractivity contribution in [3.05, 3.63) is 54.3 Å². The summed E-state index contributed by atoms with van der Waals surface area (Å²) in [5.41, 5.74) is 0.189. The summed E-state index contributed by atoms with van der Waals surface area (Å²) < 4.78 is 4.80. The number of carboxylic acid groups (broad SMARTS) is 1. The average molecular weight is 296 g/mol. The summed E-state index contributed by atoms with van der Waals surface area (Å²) >= 11 is 3.38. The highest BCUT2D eigenvalue weighted by atomic mass is 79.9. The van der Waals surface area contributed by atoms with Gasteiger partial charge in [0.15, 0.2) is 0 Å². The maximum Gasteiger partial charge on any atom is 0.335 e. The van der Waals surface area contributed by atoms with Gasteiger partial charge >= 0.3 is 5.97 Å². The van der Waals surface area contributed by atoms with E-state index >= 15 is 0 Å². The molecular formula is C12H10BrNO3. The maximum absolute atomic E-state index is 10.8. The van der Waals surface area contributed by atoms with Crippen molar-refractivity contribution >= 4 is 21.9 Å². The number of aromatic carboxylic acids is 1. The highest BCUT2D eigenvalue weighted by Crippen LogP contribution is 2.25. The number of hydrogen-bond acceptors (Lipinski definition) is 3. The van der Waals surface area contributed by atoms with Crippen molar-refractivity contribution in [1.29, 1.82) is 0 Å². The topological polar surface area (TPSA) is 58.6 Å². The lowest BCUT2D eigenvalue weighted by atomic mass is 10.2. The molecule has 0 amide bonds. The van der Waals surface area contributed by atoms with E-state index in [2.05, 4.69) is 21.2 Å². The Morgan fingerprint density at radius 2 is 2.24 bits per heavy atom. The number of carbonyl (C=O) groups is 1. The van der Waals surface area contributed by atoms with Gasteiger partial charge in [0.2, 0.25) is 0 Å². The first-order valence-corrected chi connectivity index (χ1v) is 5.72. The number of halogens is 1. The summed E-state index contributed by atoms with van der Waals surface area (Å²) in [6, 6.07) is 6.32. The van der Waals surface area contributed by atoms with Gasteiger partial charge < -0.3 is 15.2 Å². The fourth-order valence-corrected chi connectivity index (χ4v) is 1.84. The Morgan fingerprint density at radius 3 is 2.88 bits per heavy atom. The van der Waals surface area contributed by atoms with Crippen molar-refractivity contribution in [1.82, 2.24) is 5.32 Å². The van der Waals surface area contributed by atoms with E-state index in [0.717, 1.165) is 0 Å². The number of allylic oxidation sites excluding steroid dienone is 2. The lowest BCUT2D eigenvalue weighted by Crippen LogP contribution is -2.40. The number of nitrogens with one attached hydrogen (secondary N) is 1. The van der Waals surface area contributed by atoms with Crippen LogP contribution in [-0.2, 0) is 0 Å². The van der Waals surface area contributed by atoms with Crippen LogP contribution in [0.3, 0.4) is 0 Å². The van der Waals surface area contributed by atoms with Gasteiger partial charge in [-0.15, -0.1) is 0 Å². The van der Waals surface area contributed by atoms with Crippen LogP contribution in [0.15, 0.2) is 48.7 Å². The zero-order chi connectivity index (χ0) is 12.3. The average Bonchev–Trinajstić information content (AvgIpc) is 2.29. The smallest absolute Gasteiger partial charge is 0.335 e. The summed E-state index contributed by atoms with van der Waals surface area (Å²) in [6.45, 7) is 0. The molecule has 17 heavy (non-hydrogen) atoms. The molecule has 1 aromatic rings. The summed E-state index contributed by atoms with van der Waals surface area (Å²) in [5, 5.41) is 11.8. The molecule has 0 bridgehead atoms. The van der Waals surface area contributed by atoms with Crippen molar-refractivity contribution in [2.24, 2.45) is 0 Å². The Morgan fingerprint density at radius 1 is 1.41 bits per heavy atom. The highest BCUT2D eigenvalue weighted by molar-refractivity contribution is 9.10.